The SMILES string of the molecule is CCC1(C(=O)Nc2cc(F)ccc2C)CCCN1. The van der Waals surface area contributed by atoms with Crippen LogP contribution in [0, 0.1) is 12.7 Å². The fraction of sp³-hybridized carbons (Fsp3) is 0.500. The number of rotatable bonds is 3. The number of nitrogens with one attached hydrogen (secondary N) is 2. The fourth-order valence-electron chi connectivity index (χ4n) is 2.43. The molecule has 2 rings (SSSR count). The van der Waals surface area contributed by atoms with Gasteiger partial charge in [-0.05, 0) is 50.4 Å². The van der Waals surface area contributed by atoms with Crippen LogP contribution in [-0.4, -0.2) is 18.0 Å². The highest BCUT2D eigenvalue weighted by Crippen LogP contribution is 2.26. The summed E-state index contributed by atoms with van der Waals surface area (Å²) in [5, 5.41) is 6.11. The van der Waals surface area contributed by atoms with Gasteiger partial charge in [0, 0.05) is 5.69 Å². The smallest absolute Gasteiger partial charge is 0.244 e. The van der Waals surface area contributed by atoms with E-state index in [2.05, 4.69) is 10.6 Å². The van der Waals surface area contributed by atoms with Gasteiger partial charge >= 0.3 is 0 Å². The van der Waals surface area contributed by atoms with Crippen LogP contribution in [0.15, 0.2) is 18.2 Å². The number of anilines is 1. The summed E-state index contributed by atoms with van der Waals surface area (Å²) in [4.78, 5) is 12.3. The molecule has 1 aromatic carbocycles. The van der Waals surface area contributed by atoms with Crippen molar-refractivity contribution in [3.8, 4) is 0 Å². The quantitative estimate of drug-likeness (QED) is 0.865. The number of amides is 1. The zero-order chi connectivity index (χ0) is 13.2. The van der Waals surface area contributed by atoms with E-state index in [1.807, 2.05) is 13.8 Å². The minimum Gasteiger partial charge on any atom is -0.324 e. The second-order valence-electron chi connectivity index (χ2n) is 4.88. The molecule has 0 spiro atoms. The first-order valence-electron chi connectivity index (χ1n) is 6.40. The molecule has 2 N–H and O–H groups in total. The highest BCUT2D eigenvalue weighted by molar-refractivity contribution is 5.98. The molecular formula is C14H19FN2O. The standard InChI is InChI=1S/C14H19FN2O/c1-3-14(7-4-8-16-14)13(18)17-12-9-11(15)6-5-10(12)2/h5-6,9,16H,3-4,7-8H2,1-2H3,(H,17,18). The molecule has 1 saturated heterocycles. The summed E-state index contributed by atoms with van der Waals surface area (Å²) >= 11 is 0. The molecule has 1 fully saturated rings. The zero-order valence-electron chi connectivity index (χ0n) is 10.8. The maximum atomic E-state index is 13.2. The fourth-order valence-corrected chi connectivity index (χ4v) is 2.43. The highest BCUT2D eigenvalue weighted by Gasteiger charge is 2.39. The van der Waals surface area contributed by atoms with Crippen molar-refractivity contribution in [1.82, 2.24) is 5.32 Å². The topological polar surface area (TPSA) is 41.1 Å². The van der Waals surface area contributed by atoms with Crippen LogP contribution in [0.3, 0.4) is 0 Å². The molecule has 3 nitrogen and oxygen atoms in total. The van der Waals surface area contributed by atoms with Gasteiger partial charge in [-0.1, -0.05) is 13.0 Å². The van der Waals surface area contributed by atoms with Gasteiger partial charge in [0.05, 0.1) is 5.54 Å². The van der Waals surface area contributed by atoms with E-state index < -0.39 is 5.54 Å². The molecule has 1 unspecified atom stereocenters. The molecule has 18 heavy (non-hydrogen) atoms. The van der Waals surface area contributed by atoms with Gasteiger partial charge in [-0.2, -0.15) is 0 Å². The lowest BCUT2D eigenvalue weighted by Crippen LogP contribution is -2.50. The lowest BCUT2D eigenvalue weighted by molar-refractivity contribution is -0.122. The van der Waals surface area contributed by atoms with Crippen molar-refractivity contribution in [2.24, 2.45) is 0 Å². The van der Waals surface area contributed by atoms with E-state index in [1.165, 1.54) is 12.1 Å². The average molecular weight is 250 g/mol. The van der Waals surface area contributed by atoms with Crippen molar-refractivity contribution >= 4 is 11.6 Å². The number of benzene rings is 1. The summed E-state index contributed by atoms with van der Waals surface area (Å²) in [5.41, 5.74) is 0.939. The lowest BCUT2D eigenvalue weighted by Gasteiger charge is -2.27. The van der Waals surface area contributed by atoms with Crippen molar-refractivity contribution in [1.29, 1.82) is 0 Å². The molecule has 1 amide bonds. The summed E-state index contributed by atoms with van der Waals surface area (Å²) in [7, 11) is 0. The summed E-state index contributed by atoms with van der Waals surface area (Å²) in [6, 6.07) is 4.44. The van der Waals surface area contributed by atoms with Crippen molar-refractivity contribution in [3.05, 3.63) is 29.6 Å². The van der Waals surface area contributed by atoms with Gasteiger partial charge in [-0.25, -0.2) is 4.39 Å². The minimum atomic E-state index is -0.487. The number of halogens is 1. The lowest BCUT2D eigenvalue weighted by atomic mass is 9.93. The maximum Gasteiger partial charge on any atom is 0.244 e. The third kappa shape index (κ3) is 2.38. The van der Waals surface area contributed by atoms with E-state index in [-0.39, 0.29) is 11.7 Å². The predicted molar refractivity (Wildman–Crippen MR) is 70.0 cm³/mol. The van der Waals surface area contributed by atoms with E-state index in [0.717, 1.165) is 31.4 Å². The number of carbonyl (C=O) groups is 1. The van der Waals surface area contributed by atoms with Crippen LogP contribution in [0.4, 0.5) is 10.1 Å². The Kier molecular flexibility index (Phi) is 3.66. The first kappa shape index (κ1) is 13.0. The molecule has 4 heteroatoms. The molecular weight excluding hydrogens is 231 g/mol. The molecule has 1 aliphatic rings. The van der Waals surface area contributed by atoms with Gasteiger partial charge in [-0.3, -0.25) is 4.79 Å². The van der Waals surface area contributed by atoms with Crippen LogP contribution in [0.25, 0.3) is 0 Å². The molecule has 98 valence electrons. The Morgan fingerprint density at radius 1 is 1.56 bits per heavy atom. The molecule has 0 aliphatic carbocycles. The highest BCUT2D eigenvalue weighted by atomic mass is 19.1. The van der Waals surface area contributed by atoms with Crippen LogP contribution < -0.4 is 10.6 Å². The summed E-state index contributed by atoms with van der Waals surface area (Å²) in [6.07, 6.45) is 2.58. The van der Waals surface area contributed by atoms with Crippen LogP contribution in [0.5, 0.6) is 0 Å². The summed E-state index contributed by atoms with van der Waals surface area (Å²) in [5.74, 6) is -0.392. The number of hydrogen-bond acceptors (Lipinski definition) is 2. The average Bonchev–Trinajstić information content (AvgIpc) is 2.84. The van der Waals surface area contributed by atoms with Crippen LogP contribution in [0.2, 0.25) is 0 Å². The molecule has 0 saturated carbocycles. The number of aryl methyl sites for hydroxylation is 1. The number of carbonyl (C=O) groups excluding carboxylic acids is 1. The Bertz CT molecular complexity index is 453. The van der Waals surface area contributed by atoms with Gasteiger partial charge in [0.15, 0.2) is 0 Å². The molecule has 1 heterocycles. The van der Waals surface area contributed by atoms with Gasteiger partial charge in [0.2, 0.25) is 5.91 Å². The first-order valence-corrected chi connectivity index (χ1v) is 6.40. The molecule has 0 radical (unpaired) electrons. The second kappa shape index (κ2) is 5.06. The zero-order valence-corrected chi connectivity index (χ0v) is 10.8. The van der Waals surface area contributed by atoms with Gasteiger partial charge in [0.25, 0.3) is 0 Å². The van der Waals surface area contributed by atoms with Crippen LogP contribution >= 0.6 is 0 Å². The Balaban J connectivity index is 2.18. The van der Waals surface area contributed by atoms with Crippen molar-refractivity contribution in [2.75, 3.05) is 11.9 Å². The van der Waals surface area contributed by atoms with Crippen molar-refractivity contribution in [2.45, 2.75) is 38.6 Å². The molecule has 1 aromatic rings. The van der Waals surface area contributed by atoms with Gasteiger partial charge in [0.1, 0.15) is 5.82 Å². The van der Waals surface area contributed by atoms with Crippen LogP contribution in [0.1, 0.15) is 31.7 Å². The second-order valence-corrected chi connectivity index (χ2v) is 4.88. The number of hydrogen-bond donors (Lipinski definition) is 2. The van der Waals surface area contributed by atoms with E-state index >= 15 is 0 Å². The normalized spacial score (nSPS) is 23.1. The van der Waals surface area contributed by atoms with Gasteiger partial charge < -0.3 is 10.6 Å². The van der Waals surface area contributed by atoms with Gasteiger partial charge in [-0.15, -0.1) is 0 Å². The molecule has 1 atom stereocenters. The van der Waals surface area contributed by atoms with Crippen LogP contribution in [-0.2, 0) is 4.79 Å². The predicted octanol–water partition coefficient (Wildman–Crippen LogP) is 2.60. The largest absolute Gasteiger partial charge is 0.324 e. The van der Waals surface area contributed by atoms with E-state index in [1.54, 1.807) is 6.07 Å². The Hall–Kier alpha value is -1.42. The van der Waals surface area contributed by atoms with E-state index in [9.17, 15) is 9.18 Å². The maximum absolute atomic E-state index is 13.2. The van der Waals surface area contributed by atoms with E-state index in [4.69, 9.17) is 0 Å². The minimum absolute atomic E-state index is 0.0591. The summed E-state index contributed by atoms with van der Waals surface area (Å²) in [6.45, 7) is 4.72. The van der Waals surface area contributed by atoms with E-state index in [0.29, 0.717) is 5.69 Å². The Labute approximate surface area is 107 Å². The third-order valence-electron chi connectivity index (χ3n) is 3.73. The monoisotopic (exact) mass is 250 g/mol. The third-order valence-corrected chi connectivity index (χ3v) is 3.73. The first-order chi connectivity index (χ1) is 8.57. The molecule has 0 aromatic heterocycles. The summed E-state index contributed by atoms with van der Waals surface area (Å²) < 4.78 is 13.2. The molecule has 0 bridgehead atoms. The Morgan fingerprint density at radius 3 is 2.94 bits per heavy atom. The molecule has 1 aliphatic heterocycles. The van der Waals surface area contributed by atoms with Crippen molar-refractivity contribution in [3.63, 3.8) is 0 Å². The Morgan fingerprint density at radius 2 is 2.33 bits per heavy atom. The van der Waals surface area contributed by atoms with Crippen molar-refractivity contribution < 1.29 is 9.18 Å².